The minimum absolute atomic E-state index is 0.0336. The van der Waals surface area contributed by atoms with E-state index in [-0.39, 0.29) is 18.4 Å². The molecule has 0 aromatic carbocycles. The molecule has 1 aromatic rings. The van der Waals surface area contributed by atoms with Crippen LogP contribution in [0.4, 0.5) is 0 Å². The zero-order valence-electron chi connectivity index (χ0n) is 6.65. The highest BCUT2D eigenvalue weighted by molar-refractivity contribution is 7.71. The Kier molecular flexibility index (Phi) is 2.59. The van der Waals surface area contributed by atoms with Crippen molar-refractivity contribution in [3.63, 3.8) is 0 Å². The van der Waals surface area contributed by atoms with E-state index in [1.165, 1.54) is 0 Å². The second-order valence-corrected chi connectivity index (χ2v) is 2.97. The molecular formula is C6H10N4OS. The number of rotatable bonds is 3. The maximum Gasteiger partial charge on any atom is 0.219 e. The molecule has 3 N–H and O–H groups in total. The minimum Gasteiger partial charge on any atom is -0.370 e. The van der Waals surface area contributed by atoms with Crippen LogP contribution in [0, 0.1) is 4.77 Å². The highest BCUT2D eigenvalue weighted by Gasteiger charge is 2.08. The van der Waals surface area contributed by atoms with E-state index in [2.05, 4.69) is 10.2 Å². The molecule has 0 aliphatic rings. The highest BCUT2D eigenvalue weighted by atomic mass is 32.1. The Balaban J connectivity index is 2.78. The molecule has 66 valence electrons. The Hall–Kier alpha value is -1.17. The van der Waals surface area contributed by atoms with Gasteiger partial charge in [0.2, 0.25) is 5.91 Å². The van der Waals surface area contributed by atoms with E-state index >= 15 is 0 Å². The molecule has 0 aliphatic carbocycles. The number of hydrogen-bond acceptors (Lipinski definition) is 3. The van der Waals surface area contributed by atoms with Crippen LogP contribution in [0.15, 0.2) is 6.33 Å². The summed E-state index contributed by atoms with van der Waals surface area (Å²) in [6, 6.07) is -0.0336. The number of carbonyl (C=O) groups excluding carboxylic acids is 1. The van der Waals surface area contributed by atoms with Crippen LogP contribution in [0.1, 0.15) is 19.4 Å². The monoisotopic (exact) mass is 186 g/mol. The molecule has 0 bridgehead atoms. The summed E-state index contributed by atoms with van der Waals surface area (Å²) in [5, 5.41) is 6.33. The van der Waals surface area contributed by atoms with Crippen molar-refractivity contribution in [3.05, 3.63) is 11.1 Å². The SMILES string of the molecule is CC(CC(N)=O)n1cn[nH]c1=S. The minimum atomic E-state index is -0.342. The smallest absolute Gasteiger partial charge is 0.219 e. The lowest BCUT2D eigenvalue weighted by Crippen LogP contribution is -2.17. The van der Waals surface area contributed by atoms with Crippen LogP contribution >= 0.6 is 12.2 Å². The molecule has 0 fully saturated rings. The molecule has 1 unspecified atom stereocenters. The zero-order chi connectivity index (χ0) is 9.14. The van der Waals surface area contributed by atoms with Crippen molar-refractivity contribution in [3.8, 4) is 0 Å². The van der Waals surface area contributed by atoms with E-state index in [1.54, 1.807) is 10.9 Å². The standard InChI is InChI=1S/C6H10N4OS/c1-4(2-5(7)11)10-3-8-9-6(10)12/h3-4H,2H2,1H3,(H2,7,11)(H,9,12). The number of nitrogens with two attached hydrogens (primary N) is 1. The summed E-state index contributed by atoms with van der Waals surface area (Å²) in [6.07, 6.45) is 1.82. The molecule has 0 spiro atoms. The molecule has 12 heavy (non-hydrogen) atoms. The molecule has 0 saturated carbocycles. The van der Waals surface area contributed by atoms with Crippen LogP contribution in [-0.2, 0) is 4.79 Å². The van der Waals surface area contributed by atoms with E-state index in [4.69, 9.17) is 18.0 Å². The van der Waals surface area contributed by atoms with Gasteiger partial charge in [0.15, 0.2) is 4.77 Å². The lowest BCUT2D eigenvalue weighted by atomic mass is 10.2. The predicted octanol–water partition coefficient (Wildman–Crippen LogP) is 0.377. The predicted molar refractivity (Wildman–Crippen MR) is 45.9 cm³/mol. The van der Waals surface area contributed by atoms with Gasteiger partial charge in [0.1, 0.15) is 6.33 Å². The van der Waals surface area contributed by atoms with Gasteiger partial charge in [0, 0.05) is 12.5 Å². The van der Waals surface area contributed by atoms with Crippen molar-refractivity contribution in [2.45, 2.75) is 19.4 Å². The van der Waals surface area contributed by atoms with E-state index in [0.29, 0.717) is 4.77 Å². The number of nitrogens with zero attached hydrogens (tertiary/aromatic N) is 2. The van der Waals surface area contributed by atoms with Gasteiger partial charge < -0.3 is 10.3 Å². The molecule has 0 radical (unpaired) electrons. The summed E-state index contributed by atoms with van der Waals surface area (Å²) in [6.45, 7) is 1.86. The van der Waals surface area contributed by atoms with Crippen LogP contribution in [0.5, 0.6) is 0 Å². The summed E-state index contributed by atoms with van der Waals surface area (Å²) in [5.74, 6) is -0.342. The van der Waals surface area contributed by atoms with Gasteiger partial charge in [0.25, 0.3) is 0 Å². The second-order valence-electron chi connectivity index (χ2n) is 2.59. The summed E-state index contributed by atoms with van der Waals surface area (Å²) in [5.41, 5.74) is 5.03. The molecule has 5 nitrogen and oxygen atoms in total. The molecule has 6 heteroatoms. The quantitative estimate of drug-likeness (QED) is 0.670. The zero-order valence-corrected chi connectivity index (χ0v) is 7.47. The van der Waals surface area contributed by atoms with Gasteiger partial charge in [0.05, 0.1) is 0 Å². The van der Waals surface area contributed by atoms with Crippen LogP contribution in [-0.4, -0.2) is 20.7 Å². The third-order valence-electron chi connectivity index (χ3n) is 1.55. The van der Waals surface area contributed by atoms with Crippen molar-refractivity contribution in [1.29, 1.82) is 0 Å². The fourth-order valence-corrected chi connectivity index (χ4v) is 1.24. The Morgan fingerprint density at radius 3 is 3.08 bits per heavy atom. The fourth-order valence-electron chi connectivity index (χ4n) is 0.960. The first-order chi connectivity index (χ1) is 5.61. The first kappa shape index (κ1) is 8.92. The number of H-pyrrole nitrogens is 1. The Labute approximate surface area is 74.6 Å². The molecule has 1 aromatic heterocycles. The van der Waals surface area contributed by atoms with Crippen LogP contribution in [0.2, 0.25) is 0 Å². The average molecular weight is 186 g/mol. The molecule has 1 atom stereocenters. The van der Waals surface area contributed by atoms with E-state index in [1.807, 2.05) is 6.92 Å². The normalized spacial score (nSPS) is 12.8. The van der Waals surface area contributed by atoms with Crippen molar-refractivity contribution >= 4 is 18.1 Å². The lowest BCUT2D eigenvalue weighted by Gasteiger charge is -2.08. The average Bonchev–Trinajstić information content (AvgIpc) is 2.33. The van der Waals surface area contributed by atoms with E-state index < -0.39 is 0 Å². The summed E-state index contributed by atoms with van der Waals surface area (Å²) >= 11 is 4.91. The first-order valence-electron chi connectivity index (χ1n) is 3.51. The second kappa shape index (κ2) is 3.48. The van der Waals surface area contributed by atoms with Gasteiger partial charge in [-0.1, -0.05) is 0 Å². The van der Waals surface area contributed by atoms with Crippen molar-refractivity contribution in [2.75, 3.05) is 0 Å². The van der Waals surface area contributed by atoms with Crippen molar-refractivity contribution in [1.82, 2.24) is 14.8 Å². The number of aromatic nitrogens is 3. The molecule has 0 aliphatic heterocycles. The number of amides is 1. The number of primary amides is 1. The number of nitrogens with one attached hydrogen (secondary N) is 1. The number of aromatic amines is 1. The Morgan fingerprint density at radius 2 is 2.67 bits per heavy atom. The van der Waals surface area contributed by atoms with E-state index in [9.17, 15) is 4.79 Å². The summed E-state index contributed by atoms with van der Waals surface area (Å²) < 4.78 is 2.20. The third-order valence-corrected chi connectivity index (χ3v) is 1.85. The van der Waals surface area contributed by atoms with Gasteiger partial charge in [-0.05, 0) is 19.1 Å². The van der Waals surface area contributed by atoms with Gasteiger partial charge in [-0.25, -0.2) is 0 Å². The van der Waals surface area contributed by atoms with Gasteiger partial charge in [-0.3, -0.25) is 9.89 Å². The molecule has 1 heterocycles. The van der Waals surface area contributed by atoms with Crippen LogP contribution in [0.25, 0.3) is 0 Å². The fraction of sp³-hybridized carbons (Fsp3) is 0.500. The maximum atomic E-state index is 10.6. The molecular weight excluding hydrogens is 176 g/mol. The Bertz CT molecular complexity index is 328. The molecule has 0 saturated heterocycles. The van der Waals surface area contributed by atoms with Gasteiger partial charge in [-0.15, -0.1) is 0 Å². The largest absolute Gasteiger partial charge is 0.370 e. The van der Waals surface area contributed by atoms with Gasteiger partial charge >= 0.3 is 0 Å². The topological polar surface area (TPSA) is 76.7 Å². The van der Waals surface area contributed by atoms with Crippen molar-refractivity contribution in [2.24, 2.45) is 5.73 Å². The molecule has 1 rings (SSSR count). The molecule has 1 amide bonds. The summed E-state index contributed by atoms with van der Waals surface area (Å²) in [4.78, 5) is 10.6. The van der Waals surface area contributed by atoms with Gasteiger partial charge in [-0.2, -0.15) is 5.10 Å². The third kappa shape index (κ3) is 1.91. The lowest BCUT2D eigenvalue weighted by molar-refractivity contribution is -0.118. The van der Waals surface area contributed by atoms with Crippen LogP contribution < -0.4 is 5.73 Å². The first-order valence-corrected chi connectivity index (χ1v) is 3.92. The van der Waals surface area contributed by atoms with Crippen molar-refractivity contribution < 1.29 is 4.79 Å². The Morgan fingerprint density at radius 1 is 2.00 bits per heavy atom. The van der Waals surface area contributed by atoms with E-state index in [0.717, 1.165) is 0 Å². The summed E-state index contributed by atoms with van der Waals surface area (Å²) in [7, 11) is 0. The number of hydrogen-bond donors (Lipinski definition) is 2. The maximum absolute atomic E-state index is 10.6. The number of carbonyl (C=O) groups is 1. The highest BCUT2D eigenvalue weighted by Crippen LogP contribution is 2.08. The van der Waals surface area contributed by atoms with Crippen LogP contribution in [0.3, 0.4) is 0 Å².